The molecule has 0 aliphatic rings. The average Bonchev–Trinajstić information content (AvgIpc) is 2.43. The lowest BCUT2D eigenvalue weighted by molar-refractivity contribution is -0.137. The van der Waals surface area contributed by atoms with Crippen LogP contribution in [0.4, 0.5) is 17.6 Å². The van der Waals surface area contributed by atoms with Crippen LogP contribution in [0.25, 0.3) is 0 Å². The van der Waals surface area contributed by atoms with Gasteiger partial charge in [-0.15, -0.1) is 0 Å². The van der Waals surface area contributed by atoms with Crippen molar-refractivity contribution in [1.82, 2.24) is 0 Å². The van der Waals surface area contributed by atoms with Crippen LogP contribution < -0.4 is 0 Å². The van der Waals surface area contributed by atoms with Crippen LogP contribution >= 0.6 is 11.6 Å². The monoisotopic (exact) mass is 330 g/mol. The first-order valence-electron chi connectivity index (χ1n) is 6.42. The van der Waals surface area contributed by atoms with Crippen LogP contribution in [-0.4, -0.2) is 5.78 Å². The molecule has 0 N–H and O–H groups in total. The highest BCUT2D eigenvalue weighted by atomic mass is 35.5. The van der Waals surface area contributed by atoms with Gasteiger partial charge in [0, 0.05) is 17.0 Å². The van der Waals surface area contributed by atoms with E-state index >= 15 is 0 Å². The summed E-state index contributed by atoms with van der Waals surface area (Å²) in [7, 11) is 0. The van der Waals surface area contributed by atoms with E-state index in [2.05, 4.69) is 0 Å². The summed E-state index contributed by atoms with van der Waals surface area (Å²) >= 11 is 5.69. The summed E-state index contributed by atoms with van der Waals surface area (Å²) in [6.07, 6.45) is -4.64. The van der Waals surface area contributed by atoms with Gasteiger partial charge in [0.2, 0.25) is 0 Å². The summed E-state index contributed by atoms with van der Waals surface area (Å²) in [5, 5.41) is 0.179. The Labute approximate surface area is 129 Å². The van der Waals surface area contributed by atoms with Gasteiger partial charge in [-0.2, -0.15) is 13.2 Å². The van der Waals surface area contributed by atoms with E-state index in [1.807, 2.05) is 0 Å². The maximum atomic E-state index is 13.2. The first kappa shape index (κ1) is 16.5. The van der Waals surface area contributed by atoms with Crippen molar-refractivity contribution in [3.63, 3.8) is 0 Å². The standard InChI is InChI=1S/C16H11ClF4O/c17-11-7-10(8-12(18)9-11)5-6-15(22)13-3-1-2-4-14(13)16(19,20)21/h1-4,7-9H,5-6H2. The van der Waals surface area contributed by atoms with Crippen LogP contribution in [0.3, 0.4) is 0 Å². The van der Waals surface area contributed by atoms with Crippen molar-refractivity contribution >= 4 is 17.4 Å². The smallest absolute Gasteiger partial charge is 0.294 e. The van der Waals surface area contributed by atoms with Gasteiger partial charge in [0.05, 0.1) is 5.56 Å². The van der Waals surface area contributed by atoms with Crippen molar-refractivity contribution in [2.75, 3.05) is 0 Å². The number of Topliss-reactive ketones (excluding diaryl/α,β-unsaturated/α-hetero) is 1. The number of alkyl halides is 3. The number of ketones is 1. The average molecular weight is 331 g/mol. The number of hydrogen-bond acceptors (Lipinski definition) is 1. The Kier molecular flexibility index (Phi) is 4.86. The molecule has 0 bridgehead atoms. The van der Waals surface area contributed by atoms with E-state index in [0.29, 0.717) is 5.56 Å². The lowest BCUT2D eigenvalue weighted by atomic mass is 9.98. The van der Waals surface area contributed by atoms with Gasteiger partial charge in [-0.1, -0.05) is 29.8 Å². The predicted molar refractivity (Wildman–Crippen MR) is 75.5 cm³/mol. The molecule has 2 aromatic rings. The van der Waals surface area contributed by atoms with Crippen LogP contribution in [0, 0.1) is 5.82 Å². The molecule has 0 amide bonds. The molecular weight excluding hydrogens is 320 g/mol. The zero-order chi connectivity index (χ0) is 16.3. The Morgan fingerprint density at radius 1 is 1.09 bits per heavy atom. The Hall–Kier alpha value is -1.88. The Bertz CT molecular complexity index is 675. The molecule has 0 atom stereocenters. The molecule has 0 radical (unpaired) electrons. The summed E-state index contributed by atoms with van der Waals surface area (Å²) < 4.78 is 51.8. The van der Waals surface area contributed by atoms with Crippen molar-refractivity contribution in [3.8, 4) is 0 Å². The molecule has 0 saturated carbocycles. The SMILES string of the molecule is O=C(CCc1cc(F)cc(Cl)c1)c1ccccc1C(F)(F)F. The molecule has 0 saturated heterocycles. The highest BCUT2D eigenvalue weighted by Gasteiger charge is 2.34. The molecule has 0 aromatic heterocycles. The van der Waals surface area contributed by atoms with Crippen molar-refractivity contribution in [2.24, 2.45) is 0 Å². The van der Waals surface area contributed by atoms with E-state index in [1.54, 1.807) is 0 Å². The summed E-state index contributed by atoms with van der Waals surface area (Å²) in [5.41, 5.74) is -0.877. The minimum atomic E-state index is -4.59. The fourth-order valence-electron chi connectivity index (χ4n) is 2.12. The molecular formula is C16H11ClF4O. The van der Waals surface area contributed by atoms with Gasteiger partial charge in [0.1, 0.15) is 5.82 Å². The number of carbonyl (C=O) groups is 1. The quantitative estimate of drug-likeness (QED) is 0.548. The van der Waals surface area contributed by atoms with Crippen molar-refractivity contribution in [1.29, 1.82) is 0 Å². The van der Waals surface area contributed by atoms with E-state index < -0.39 is 23.3 Å². The van der Waals surface area contributed by atoms with Gasteiger partial charge in [-0.25, -0.2) is 4.39 Å². The number of rotatable bonds is 4. The van der Waals surface area contributed by atoms with Gasteiger partial charge in [-0.3, -0.25) is 4.79 Å². The molecule has 1 nitrogen and oxygen atoms in total. The molecule has 0 heterocycles. The van der Waals surface area contributed by atoms with E-state index in [9.17, 15) is 22.4 Å². The molecule has 2 rings (SSSR count). The molecule has 0 aliphatic heterocycles. The first-order chi connectivity index (χ1) is 10.3. The van der Waals surface area contributed by atoms with Gasteiger partial charge >= 0.3 is 6.18 Å². The number of aryl methyl sites for hydroxylation is 1. The van der Waals surface area contributed by atoms with E-state index in [4.69, 9.17) is 11.6 Å². The second-order valence-electron chi connectivity index (χ2n) is 4.74. The topological polar surface area (TPSA) is 17.1 Å². The molecule has 0 fully saturated rings. The molecule has 0 aliphatic carbocycles. The van der Waals surface area contributed by atoms with Crippen molar-refractivity contribution in [3.05, 3.63) is 70.0 Å². The third kappa shape index (κ3) is 4.07. The largest absolute Gasteiger partial charge is 0.417 e. The molecule has 0 unspecified atom stereocenters. The molecule has 22 heavy (non-hydrogen) atoms. The normalized spacial score (nSPS) is 11.5. The summed E-state index contributed by atoms with van der Waals surface area (Å²) in [4.78, 5) is 12.0. The summed E-state index contributed by atoms with van der Waals surface area (Å²) in [6, 6.07) is 8.41. The predicted octanol–water partition coefficient (Wildman–Crippen LogP) is 5.31. The summed E-state index contributed by atoms with van der Waals surface area (Å²) in [6.45, 7) is 0. The minimum absolute atomic E-state index is 0.114. The third-order valence-corrected chi connectivity index (χ3v) is 3.31. The van der Waals surface area contributed by atoms with Crippen LogP contribution in [0.5, 0.6) is 0 Å². The zero-order valence-corrected chi connectivity index (χ0v) is 12.0. The molecule has 2 aromatic carbocycles. The van der Waals surface area contributed by atoms with Crippen molar-refractivity contribution < 1.29 is 22.4 Å². The first-order valence-corrected chi connectivity index (χ1v) is 6.79. The fraction of sp³-hybridized carbons (Fsp3) is 0.188. The number of benzene rings is 2. The van der Waals surface area contributed by atoms with Crippen LogP contribution in [-0.2, 0) is 12.6 Å². The molecule has 6 heteroatoms. The second-order valence-corrected chi connectivity index (χ2v) is 5.18. The Morgan fingerprint density at radius 2 is 1.77 bits per heavy atom. The van der Waals surface area contributed by atoms with Crippen LogP contribution in [0.15, 0.2) is 42.5 Å². The van der Waals surface area contributed by atoms with Crippen LogP contribution in [0.2, 0.25) is 5.02 Å². The van der Waals surface area contributed by atoms with Gasteiger partial charge < -0.3 is 0 Å². The maximum Gasteiger partial charge on any atom is 0.417 e. The highest BCUT2D eigenvalue weighted by Crippen LogP contribution is 2.32. The molecule has 0 spiro atoms. The number of halogens is 5. The molecule has 116 valence electrons. The van der Waals surface area contributed by atoms with E-state index in [0.717, 1.165) is 18.2 Å². The maximum absolute atomic E-state index is 13.2. The Morgan fingerprint density at radius 3 is 2.41 bits per heavy atom. The van der Waals surface area contributed by atoms with Gasteiger partial charge in [-0.05, 0) is 36.2 Å². The highest BCUT2D eigenvalue weighted by molar-refractivity contribution is 6.30. The van der Waals surface area contributed by atoms with E-state index in [1.165, 1.54) is 24.3 Å². The van der Waals surface area contributed by atoms with Crippen LogP contribution in [0.1, 0.15) is 27.9 Å². The van der Waals surface area contributed by atoms with Crippen molar-refractivity contribution in [2.45, 2.75) is 19.0 Å². The van der Waals surface area contributed by atoms with Gasteiger partial charge in [0.25, 0.3) is 0 Å². The van der Waals surface area contributed by atoms with Gasteiger partial charge in [0.15, 0.2) is 5.78 Å². The lowest BCUT2D eigenvalue weighted by Gasteiger charge is -2.11. The zero-order valence-electron chi connectivity index (χ0n) is 11.3. The fourth-order valence-corrected chi connectivity index (χ4v) is 2.37. The van der Waals surface area contributed by atoms with E-state index in [-0.39, 0.29) is 23.4 Å². The third-order valence-electron chi connectivity index (χ3n) is 3.10. The lowest BCUT2D eigenvalue weighted by Crippen LogP contribution is -2.13. The minimum Gasteiger partial charge on any atom is -0.294 e. The number of hydrogen-bond donors (Lipinski definition) is 0. The second kappa shape index (κ2) is 6.48. The summed E-state index contributed by atoms with van der Waals surface area (Å²) in [5.74, 6) is -1.20. The Balaban J connectivity index is 2.17. The number of carbonyl (C=O) groups excluding carboxylic acids is 1.